The second-order valence-corrected chi connectivity index (χ2v) is 12.0. The van der Waals surface area contributed by atoms with Crippen LogP contribution in [-0.2, 0) is 24.3 Å². The molecular formula is C25H35N3O5S3. The van der Waals surface area contributed by atoms with E-state index in [1.165, 1.54) is 24.8 Å². The van der Waals surface area contributed by atoms with Crippen molar-refractivity contribution in [2.24, 2.45) is 5.92 Å². The van der Waals surface area contributed by atoms with Crippen molar-refractivity contribution < 1.29 is 22.7 Å². The average molecular weight is 554 g/mol. The molecule has 2 aromatic carbocycles. The molecule has 2 unspecified atom stereocenters. The maximum atomic E-state index is 13.2. The number of anilines is 1. The fourth-order valence-corrected chi connectivity index (χ4v) is 5.32. The van der Waals surface area contributed by atoms with Crippen molar-refractivity contribution in [3.63, 3.8) is 0 Å². The first-order valence-corrected chi connectivity index (χ1v) is 14.0. The van der Waals surface area contributed by atoms with Crippen LogP contribution in [0.1, 0.15) is 27.7 Å². The third-order valence-electron chi connectivity index (χ3n) is 5.66. The van der Waals surface area contributed by atoms with Gasteiger partial charge in [0, 0.05) is 43.2 Å². The van der Waals surface area contributed by atoms with Gasteiger partial charge in [-0.1, -0.05) is 37.3 Å². The number of thiol groups is 2. The molecule has 0 bridgehead atoms. The molecule has 0 heterocycles. The van der Waals surface area contributed by atoms with Crippen LogP contribution in [0.5, 0.6) is 0 Å². The lowest BCUT2D eigenvalue weighted by Gasteiger charge is -2.24. The van der Waals surface area contributed by atoms with E-state index in [0.29, 0.717) is 11.1 Å². The van der Waals surface area contributed by atoms with Crippen molar-refractivity contribution in [1.29, 1.82) is 0 Å². The van der Waals surface area contributed by atoms with Gasteiger partial charge < -0.3 is 14.5 Å². The Morgan fingerprint density at radius 2 is 1.67 bits per heavy atom. The van der Waals surface area contributed by atoms with Crippen LogP contribution in [-0.4, -0.2) is 63.1 Å². The summed E-state index contributed by atoms with van der Waals surface area (Å²) in [5.74, 6) is -0.931. The number of rotatable bonds is 11. The molecule has 0 fully saturated rings. The standard InChI is InChI=1S/C25H35N3O5S3/c1-16(25(34)35)15-17(2)28(19(4)29)13-14-33-24(30)18(3)26-36(31,32)23-12-8-9-20-21(23)10-7-11-22(20)27(5)6/h7-12,15-16,18,25-26,34-35H,13-14H2,1-6H3. The summed E-state index contributed by atoms with van der Waals surface area (Å²) in [5.41, 5.74) is 1.57. The van der Waals surface area contributed by atoms with Gasteiger partial charge in [0.15, 0.2) is 0 Å². The molecule has 11 heteroatoms. The van der Waals surface area contributed by atoms with Crippen molar-refractivity contribution in [3.8, 4) is 0 Å². The molecule has 2 rings (SSSR count). The van der Waals surface area contributed by atoms with Crippen molar-refractivity contribution in [3.05, 3.63) is 48.2 Å². The molecule has 0 aliphatic heterocycles. The molecule has 0 spiro atoms. The highest BCUT2D eigenvalue weighted by molar-refractivity contribution is 7.99. The lowest BCUT2D eigenvalue weighted by molar-refractivity contribution is -0.146. The third-order valence-corrected chi connectivity index (χ3v) is 8.19. The number of carbonyl (C=O) groups is 2. The molecule has 0 saturated heterocycles. The summed E-state index contributed by atoms with van der Waals surface area (Å²) in [5, 5.41) is 1.33. The van der Waals surface area contributed by atoms with Crippen LogP contribution >= 0.6 is 25.3 Å². The second-order valence-electron chi connectivity index (χ2n) is 8.78. The fourth-order valence-electron chi connectivity index (χ4n) is 3.73. The summed E-state index contributed by atoms with van der Waals surface area (Å²) < 4.78 is 33.8. The van der Waals surface area contributed by atoms with E-state index in [1.807, 2.05) is 44.1 Å². The Hall–Kier alpha value is -2.21. The normalized spacial score (nSPS) is 14.0. The number of allylic oxidation sites excluding steroid dienone is 2. The fraction of sp³-hybridized carbons (Fsp3) is 0.440. The number of nitrogens with one attached hydrogen (secondary N) is 1. The first-order valence-electron chi connectivity index (χ1n) is 11.5. The van der Waals surface area contributed by atoms with Crippen molar-refractivity contribution in [2.75, 3.05) is 32.1 Å². The van der Waals surface area contributed by atoms with Crippen LogP contribution in [0.15, 0.2) is 53.1 Å². The van der Waals surface area contributed by atoms with Crippen molar-refractivity contribution in [1.82, 2.24) is 9.62 Å². The first-order chi connectivity index (χ1) is 16.8. The Labute approximate surface area is 224 Å². The molecule has 36 heavy (non-hydrogen) atoms. The van der Waals surface area contributed by atoms with Gasteiger partial charge in [-0.05, 0) is 31.9 Å². The maximum absolute atomic E-state index is 13.2. The highest BCUT2D eigenvalue weighted by Gasteiger charge is 2.25. The van der Waals surface area contributed by atoms with E-state index in [0.717, 1.165) is 11.1 Å². The van der Waals surface area contributed by atoms with Gasteiger partial charge in [0.1, 0.15) is 12.6 Å². The molecule has 1 amide bonds. The molecule has 0 radical (unpaired) electrons. The highest BCUT2D eigenvalue weighted by Crippen LogP contribution is 2.30. The van der Waals surface area contributed by atoms with Crippen LogP contribution in [0, 0.1) is 5.92 Å². The lowest BCUT2D eigenvalue weighted by atomic mass is 10.1. The van der Waals surface area contributed by atoms with Crippen LogP contribution in [0.25, 0.3) is 10.8 Å². The summed E-state index contributed by atoms with van der Waals surface area (Å²) in [6.07, 6.45) is 1.87. The van der Waals surface area contributed by atoms with E-state index in [1.54, 1.807) is 25.1 Å². The average Bonchev–Trinajstić information content (AvgIpc) is 2.79. The van der Waals surface area contributed by atoms with E-state index in [9.17, 15) is 18.0 Å². The number of esters is 1. The Bertz CT molecular complexity index is 1230. The number of hydrogen-bond acceptors (Lipinski definition) is 8. The molecule has 0 aromatic heterocycles. The molecule has 2 aromatic rings. The Balaban J connectivity index is 2.10. The van der Waals surface area contributed by atoms with Gasteiger partial charge in [0.25, 0.3) is 0 Å². The van der Waals surface area contributed by atoms with Crippen LogP contribution in [0.2, 0.25) is 0 Å². The molecular weight excluding hydrogens is 518 g/mol. The number of nitrogens with zero attached hydrogens (tertiary/aromatic N) is 2. The zero-order valence-electron chi connectivity index (χ0n) is 21.4. The Morgan fingerprint density at radius 3 is 2.25 bits per heavy atom. The summed E-state index contributed by atoms with van der Waals surface area (Å²) in [4.78, 5) is 28.1. The van der Waals surface area contributed by atoms with Crippen LogP contribution in [0.3, 0.4) is 0 Å². The van der Waals surface area contributed by atoms with Gasteiger partial charge in [0.2, 0.25) is 15.9 Å². The van der Waals surface area contributed by atoms with E-state index in [2.05, 4.69) is 30.0 Å². The molecule has 198 valence electrons. The number of fused-ring (bicyclic) bond motifs is 1. The quantitative estimate of drug-likeness (QED) is 0.223. The number of amides is 1. The largest absolute Gasteiger partial charge is 0.463 e. The maximum Gasteiger partial charge on any atom is 0.323 e. The zero-order valence-corrected chi connectivity index (χ0v) is 24.0. The third kappa shape index (κ3) is 7.64. The predicted molar refractivity (Wildman–Crippen MR) is 151 cm³/mol. The topological polar surface area (TPSA) is 96.0 Å². The lowest BCUT2D eigenvalue weighted by Crippen LogP contribution is -2.40. The van der Waals surface area contributed by atoms with Gasteiger partial charge in [-0.2, -0.15) is 30.0 Å². The van der Waals surface area contributed by atoms with Gasteiger partial charge in [-0.25, -0.2) is 8.42 Å². The summed E-state index contributed by atoms with van der Waals surface area (Å²) >= 11 is 8.58. The van der Waals surface area contributed by atoms with E-state index >= 15 is 0 Å². The number of carbonyl (C=O) groups excluding carboxylic acids is 2. The molecule has 2 atom stereocenters. The highest BCUT2D eigenvalue weighted by atomic mass is 32.2. The molecule has 0 saturated carbocycles. The van der Waals surface area contributed by atoms with Gasteiger partial charge in [-0.15, -0.1) is 0 Å². The molecule has 1 N–H and O–H groups in total. The molecule has 8 nitrogen and oxygen atoms in total. The van der Waals surface area contributed by atoms with Crippen molar-refractivity contribution >= 4 is 63.6 Å². The minimum absolute atomic E-state index is 0.0124. The smallest absolute Gasteiger partial charge is 0.323 e. The number of hydrogen-bond donors (Lipinski definition) is 3. The van der Waals surface area contributed by atoms with E-state index in [4.69, 9.17) is 4.74 Å². The first kappa shape index (κ1) is 30.0. The Morgan fingerprint density at radius 1 is 1.06 bits per heavy atom. The van der Waals surface area contributed by atoms with E-state index in [-0.39, 0.29) is 34.5 Å². The second kappa shape index (κ2) is 12.8. The zero-order chi connectivity index (χ0) is 27.2. The SMILES string of the molecule is CC(=O)N(CCOC(=O)C(C)NS(=O)(=O)c1cccc2c(N(C)C)cccc12)C(C)=CC(C)C(S)S. The van der Waals surface area contributed by atoms with Crippen molar-refractivity contribution in [2.45, 2.75) is 43.2 Å². The van der Waals surface area contributed by atoms with Gasteiger partial charge in [0.05, 0.1) is 16.0 Å². The number of benzene rings is 2. The predicted octanol–water partition coefficient (Wildman–Crippen LogP) is 3.69. The molecule has 0 aliphatic carbocycles. The summed E-state index contributed by atoms with van der Waals surface area (Å²) in [6, 6.07) is 9.33. The van der Waals surface area contributed by atoms with Gasteiger partial charge in [-0.3, -0.25) is 9.59 Å². The minimum atomic E-state index is -4.02. The summed E-state index contributed by atoms with van der Waals surface area (Å²) in [7, 11) is -0.253. The number of ether oxygens (including phenoxy) is 1. The van der Waals surface area contributed by atoms with Crippen LogP contribution in [0.4, 0.5) is 5.69 Å². The minimum Gasteiger partial charge on any atom is -0.463 e. The monoisotopic (exact) mass is 553 g/mol. The van der Waals surface area contributed by atoms with Crippen LogP contribution < -0.4 is 9.62 Å². The molecule has 0 aliphatic rings. The Kier molecular flexibility index (Phi) is 10.7. The van der Waals surface area contributed by atoms with E-state index < -0.39 is 22.0 Å². The van der Waals surface area contributed by atoms with Gasteiger partial charge >= 0.3 is 5.97 Å². The number of sulfonamides is 1. The summed E-state index contributed by atoms with van der Waals surface area (Å²) in [6.45, 7) is 6.60.